The summed E-state index contributed by atoms with van der Waals surface area (Å²) >= 11 is 0. The summed E-state index contributed by atoms with van der Waals surface area (Å²) in [6, 6.07) is 10.2. The highest BCUT2D eigenvalue weighted by Gasteiger charge is 2.08. The van der Waals surface area contributed by atoms with E-state index in [0.717, 1.165) is 0 Å². The molecule has 0 saturated carbocycles. The predicted octanol–water partition coefficient (Wildman–Crippen LogP) is 3.38. The van der Waals surface area contributed by atoms with Crippen LogP contribution in [-0.4, -0.2) is 11.0 Å². The summed E-state index contributed by atoms with van der Waals surface area (Å²) in [6.45, 7) is 0. The first kappa shape index (κ1) is 13.5. The first-order valence-corrected chi connectivity index (χ1v) is 5.62. The van der Waals surface area contributed by atoms with E-state index in [9.17, 15) is 19.3 Å². The summed E-state index contributed by atoms with van der Waals surface area (Å²) in [6.07, 6.45) is 0. The number of nitrogens with one attached hydrogen (secondary N) is 2. The van der Waals surface area contributed by atoms with Crippen LogP contribution in [0.4, 0.5) is 26.2 Å². The van der Waals surface area contributed by atoms with Gasteiger partial charge in [0.25, 0.3) is 5.69 Å². The monoisotopic (exact) mass is 275 g/mol. The molecule has 0 unspecified atom stereocenters. The van der Waals surface area contributed by atoms with Crippen LogP contribution in [0.5, 0.6) is 0 Å². The van der Waals surface area contributed by atoms with Crippen molar-refractivity contribution in [2.45, 2.75) is 0 Å². The number of anilines is 2. The van der Waals surface area contributed by atoms with E-state index in [4.69, 9.17) is 0 Å². The minimum atomic E-state index is -0.572. The fraction of sp³-hybridized carbons (Fsp3) is 0. The van der Waals surface area contributed by atoms with Gasteiger partial charge in [-0.2, -0.15) is 0 Å². The number of rotatable bonds is 3. The van der Waals surface area contributed by atoms with Gasteiger partial charge >= 0.3 is 6.03 Å². The first-order valence-electron chi connectivity index (χ1n) is 5.62. The molecule has 0 heterocycles. The molecule has 0 aliphatic rings. The number of halogens is 1. The third-order valence-electron chi connectivity index (χ3n) is 2.42. The molecule has 102 valence electrons. The third kappa shape index (κ3) is 3.52. The van der Waals surface area contributed by atoms with Crippen molar-refractivity contribution in [3.05, 3.63) is 64.5 Å². The summed E-state index contributed by atoms with van der Waals surface area (Å²) < 4.78 is 12.7. The summed E-state index contributed by atoms with van der Waals surface area (Å²) in [5.74, 6) is -0.408. The average molecular weight is 275 g/mol. The topological polar surface area (TPSA) is 84.3 Å². The van der Waals surface area contributed by atoms with E-state index in [-0.39, 0.29) is 5.69 Å². The Morgan fingerprint density at radius 1 is 1.05 bits per heavy atom. The van der Waals surface area contributed by atoms with Gasteiger partial charge in [-0.1, -0.05) is 6.07 Å². The van der Waals surface area contributed by atoms with Gasteiger partial charge in [-0.05, 0) is 30.3 Å². The molecule has 0 spiro atoms. The lowest BCUT2D eigenvalue weighted by Gasteiger charge is -2.07. The molecule has 0 saturated heterocycles. The predicted molar refractivity (Wildman–Crippen MR) is 72.1 cm³/mol. The second-order valence-corrected chi connectivity index (χ2v) is 3.89. The summed E-state index contributed by atoms with van der Waals surface area (Å²) in [5.41, 5.74) is 0.581. The highest BCUT2D eigenvalue weighted by atomic mass is 19.1. The largest absolute Gasteiger partial charge is 0.323 e. The number of urea groups is 1. The van der Waals surface area contributed by atoms with E-state index in [1.165, 1.54) is 48.5 Å². The Balaban J connectivity index is 2.02. The van der Waals surface area contributed by atoms with Crippen LogP contribution < -0.4 is 10.6 Å². The fourth-order valence-electron chi connectivity index (χ4n) is 1.52. The zero-order valence-electron chi connectivity index (χ0n) is 10.2. The Bertz CT molecular complexity index is 644. The summed E-state index contributed by atoms with van der Waals surface area (Å²) in [5, 5.41) is 15.5. The Morgan fingerprint density at radius 2 is 1.70 bits per heavy atom. The maximum Gasteiger partial charge on any atom is 0.323 e. The summed E-state index contributed by atoms with van der Waals surface area (Å²) in [4.78, 5) is 21.7. The number of carbonyl (C=O) groups excluding carboxylic acids is 1. The maximum atomic E-state index is 12.7. The minimum absolute atomic E-state index is 0.121. The second-order valence-electron chi connectivity index (χ2n) is 3.89. The fourth-order valence-corrected chi connectivity index (χ4v) is 1.52. The second kappa shape index (κ2) is 5.79. The molecule has 7 heteroatoms. The van der Waals surface area contributed by atoms with E-state index in [0.29, 0.717) is 11.4 Å². The van der Waals surface area contributed by atoms with Crippen molar-refractivity contribution in [2.24, 2.45) is 0 Å². The first-order chi connectivity index (χ1) is 9.54. The van der Waals surface area contributed by atoms with Crippen LogP contribution in [0.2, 0.25) is 0 Å². The Kier molecular flexibility index (Phi) is 3.90. The third-order valence-corrected chi connectivity index (χ3v) is 2.42. The number of hydrogen-bond donors (Lipinski definition) is 2. The molecular weight excluding hydrogens is 265 g/mol. The van der Waals surface area contributed by atoms with Gasteiger partial charge in [-0.15, -0.1) is 0 Å². The van der Waals surface area contributed by atoms with Crippen LogP contribution in [0.25, 0.3) is 0 Å². The number of amides is 2. The van der Waals surface area contributed by atoms with Gasteiger partial charge in [0.1, 0.15) is 5.82 Å². The number of hydrogen-bond acceptors (Lipinski definition) is 3. The van der Waals surface area contributed by atoms with E-state index >= 15 is 0 Å². The van der Waals surface area contributed by atoms with Crippen molar-refractivity contribution in [2.75, 3.05) is 10.6 Å². The van der Waals surface area contributed by atoms with Gasteiger partial charge in [-0.25, -0.2) is 9.18 Å². The zero-order chi connectivity index (χ0) is 14.5. The highest BCUT2D eigenvalue weighted by Crippen LogP contribution is 2.17. The Morgan fingerprint density at radius 3 is 2.35 bits per heavy atom. The SMILES string of the molecule is O=C(Nc1ccc(F)cc1)Nc1cccc([N+](=O)[O-])c1. The smallest absolute Gasteiger partial charge is 0.308 e. The van der Waals surface area contributed by atoms with Crippen molar-refractivity contribution < 1.29 is 14.1 Å². The van der Waals surface area contributed by atoms with Crippen LogP contribution in [0, 0.1) is 15.9 Å². The van der Waals surface area contributed by atoms with Crippen molar-refractivity contribution in [1.29, 1.82) is 0 Å². The molecule has 6 nitrogen and oxygen atoms in total. The minimum Gasteiger partial charge on any atom is -0.308 e. The number of nitrogens with zero attached hydrogens (tertiary/aromatic N) is 1. The molecule has 0 fully saturated rings. The van der Waals surface area contributed by atoms with Crippen LogP contribution in [0.15, 0.2) is 48.5 Å². The molecule has 2 aromatic rings. The molecule has 0 aromatic heterocycles. The van der Waals surface area contributed by atoms with Gasteiger partial charge in [0.05, 0.1) is 4.92 Å². The lowest BCUT2D eigenvalue weighted by Crippen LogP contribution is -2.19. The van der Waals surface area contributed by atoms with Gasteiger partial charge in [0, 0.05) is 23.5 Å². The van der Waals surface area contributed by atoms with Gasteiger partial charge < -0.3 is 10.6 Å². The van der Waals surface area contributed by atoms with E-state index in [1.807, 2.05) is 0 Å². The molecule has 2 rings (SSSR count). The number of carbonyl (C=O) groups is 1. The summed E-state index contributed by atoms with van der Waals surface area (Å²) in [7, 11) is 0. The standard InChI is InChI=1S/C13H10FN3O3/c14-9-4-6-10(7-5-9)15-13(18)16-11-2-1-3-12(8-11)17(19)20/h1-8H,(H2,15,16,18). The molecule has 2 amide bonds. The van der Waals surface area contributed by atoms with Crippen molar-refractivity contribution >= 4 is 23.1 Å². The lowest BCUT2D eigenvalue weighted by molar-refractivity contribution is -0.384. The van der Waals surface area contributed by atoms with E-state index in [2.05, 4.69) is 10.6 Å². The normalized spacial score (nSPS) is 9.85. The molecule has 2 aromatic carbocycles. The van der Waals surface area contributed by atoms with Crippen LogP contribution in [0.1, 0.15) is 0 Å². The number of non-ortho nitro benzene ring substituents is 1. The molecule has 20 heavy (non-hydrogen) atoms. The van der Waals surface area contributed by atoms with Crippen LogP contribution in [-0.2, 0) is 0 Å². The average Bonchev–Trinajstić information content (AvgIpc) is 2.41. The quantitative estimate of drug-likeness (QED) is 0.665. The molecule has 0 atom stereocenters. The van der Waals surface area contributed by atoms with Crippen molar-refractivity contribution in [3.8, 4) is 0 Å². The van der Waals surface area contributed by atoms with E-state index < -0.39 is 16.8 Å². The highest BCUT2D eigenvalue weighted by molar-refractivity contribution is 5.99. The van der Waals surface area contributed by atoms with Gasteiger partial charge in [0.15, 0.2) is 0 Å². The number of benzene rings is 2. The molecule has 0 aliphatic carbocycles. The zero-order valence-corrected chi connectivity index (χ0v) is 10.2. The Hall–Kier alpha value is -2.96. The van der Waals surface area contributed by atoms with Gasteiger partial charge in [-0.3, -0.25) is 10.1 Å². The number of nitro groups is 1. The molecule has 0 bridgehead atoms. The van der Waals surface area contributed by atoms with Crippen molar-refractivity contribution in [1.82, 2.24) is 0 Å². The Labute approximate surface area is 113 Å². The van der Waals surface area contributed by atoms with Gasteiger partial charge in [0.2, 0.25) is 0 Å². The van der Waals surface area contributed by atoms with Crippen LogP contribution >= 0.6 is 0 Å². The lowest BCUT2D eigenvalue weighted by atomic mass is 10.3. The molecule has 2 N–H and O–H groups in total. The maximum absolute atomic E-state index is 12.7. The molecular formula is C13H10FN3O3. The number of nitro benzene ring substituents is 1. The molecule has 0 radical (unpaired) electrons. The van der Waals surface area contributed by atoms with E-state index in [1.54, 1.807) is 0 Å². The van der Waals surface area contributed by atoms with Crippen LogP contribution in [0.3, 0.4) is 0 Å². The van der Waals surface area contributed by atoms with Crippen molar-refractivity contribution in [3.63, 3.8) is 0 Å². The molecule has 0 aliphatic heterocycles.